The maximum atomic E-state index is 13.8. The minimum atomic E-state index is -4.71. The van der Waals surface area contributed by atoms with E-state index in [2.05, 4.69) is 15.0 Å². The number of rotatable bonds is 8. The predicted molar refractivity (Wildman–Crippen MR) is 114 cm³/mol. The fraction of sp³-hybridized carbons (Fsp3) is 0.143. The maximum absolute atomic E-state index is 13.8. The third kappa shape index (κ3) is 5.61. The number of ether oxygens (including phenoxy) is 1. The van der Waals surface area contributed by atoms with Gasteiger partial charge in [0.05, 0.1) is 11.8 Å². The van der Waals surface area contributed by atoms with E-state index in [4.69, 9.17) is 25.1 Å². The van der Waals surface area contributed by atoms with Crippen molar-refractivity contribution in [3.63, 3.8) is 0 Å². The Morgan fingerprint density at radius 2 is 1.91 bits per heavy atom. The van der Waals surface area contributed by atoms with Crippen molar-refractivity contribution in [3.8, 4) is 11.6 Å². The Hall–Kier alpha value is -3.48. The second kappa shape index (κ2) is 9.64. The number of hydrogen-bond acceptors (Lipinski definition) is 7. The summed E-state index contributed by atoms with van der Waals surface area (Å²) in [5.41, 5.74) is 9.48. The molecule has 0 saturated carbocycles. The zero-order valence-electron chi connectivity index (χ0n) is 17.8. The molecule has 0 radical (unpaired) electrons. The Bertz CT molecular complexity index is 1320. The van der Waals surface area contributed by atoms with E-state index in [-0.39, 0.29) is 11.6 Å². The molecule has 14 heteroatoms. The molecule has 0 amide bonds. The molecule has 1 aromatic carbocycles. The molecule has 184 valence electrons. The molecular weight excluding hydrogens is 492 g/mol. The molecule has 1 aliphatic rings. The van der Waals surface area contributed by atoms with Crippen LogP contribution in [0, 0.1) is 17.6 Å². The van der Waals surface area contributed by atoms with Crippen LogP contribution < -0.4 is 20.5 Å². The number of phosphoric acid groups is 1. The van der Waals surface area contributed by atoms with Gasteiger partial charge in [0.25, 0.3) is 17.6 Å². The normalized spacial score (nSPS) is 17.4. The van der Waals surface area contributed by atoms with Gasteiger partial charge in [-0.3, -0.25) is 5.73 Å². The molecule has 10 nitrogen and oxygen atoms in total. The van der Waals surface area contributed by atoms with Crippen molar-refractivity contribution < 1.29 is 46.2 Å². The van der Waals surface area contributed by atoms with Gasteiger partial charge in [-0.05, 0) is 35.9 Å². The number of hydroxylamine groups is 1. The molecule has 0 bridgehead atoms. The molecule has 0 spiro atoms. The van der Waals surface area contributed by atoms with Crippen LogP contribution in [0.2, 0.25) is 0 Å². The third-order valence-corrected chi connectivity index (χ3v) is 5.55. The van der Waals surface area contributed by atoms with Gasteiger partial charge in [0.2, 0.25) is 6.73 Å². The highest BCUT2D eigenvalue weighted by Gasteiger charge is 2.38. The van der Waals surface area contributed by atoms with Gasteiger partial charge in [-0.25, -0.2) is 22.4 Å². The summed E-state index contributed by atoms with van der Waals surface area (Å²) >= 11 is 0. The Balaban J connectivity index is 1.56. The summed E-state index contributed by atoms with van der Waals surface area (Å²) in [4.78, 5) is 26.3. The molecule has 3 heterocycles. The van der Waals surface area contributed by atoms with Crippen LogP contribution in [0.3, 0.4) is 0 Å². The molecular formula is C21H19F3N4O6P+. The van der Waals surface area contributed by atoms with E-state index in [0.29, 0.717) is 18.1 Å². The van der Waals surface area contributed by atoms with E-state index >= 15 is 0 Å². The maximum Gasteiger partial charge on any atom is 0.472 e. The first kappa shape index (κ1) is 24.6. The van der Waals surface area contributed by atoms with Crippen LogP contribution in [-0.4, -0.2) is 14.8 Å². The van der Waals surface area contributed by atoms with Crippen LogP contribution >= 0.6 is 7.82 Å². The molecule has 1 atom stereocenters. The van der Waals surface area contributed by atoms with Crippen molar-refractivity contribution in [2.24, 2.45) is 0 Å². The van der Waals surface area contributed by atoms with E-state index in [1.807, 2.05) is 0 Å². The summed E-state index contributed by atoms with van der Waals surface area (Å²) in [5.74, 6) is -4.46. The third-order valence-electron chi connectivity index (χ3n) is 5.10. The standard InChI is InChI=1S/C21H18F3N4O6P/c22-16-10-17(23)20(26-18(16)24)34-14-5-3-13(4-6-14)11-21(7-9-32-27-21)15-2-1-8-28(19(15)25)12-33-35(29,30)31/h1-10,25,27H,11-12H2,(H2,29,30,31)/p+1. The molecule has 0 fully saturated rings. The van der Waals surface area contributed by atoms with Crippen molar-refractivity contribution in [2.45, 2.75) is 18.7 Å². The fourth-order valence-corrected chi connectivity index (χ4v) is 3.73. The summed E-state index contributed by atoms with van der Waals surface area (Å²) < 4.78 is 62.3. The number of nitrogens with zero attached hydrogens (tertiary/aromatic N) is 2. The lowest BCUT2D eigenvalue weighted by Crippen LogP contribution is -2.45. The first-order valence-electron chi connectivity index (χ1n) is 9.94. The van der Waals surface area contributed by atoms with Gasteiger partial charge in [0.1, 0.15) is 17.6 Å². The number of phosphoric ester groups is 1. The lowest BCUT2D eigenvalue weighted by atomic mass is 9.85. The highest BCUT2D eigenvalue weighted by molar-refractivity contribution is 7.46. The van der Waals surface area contributed by atoms with Gasteiger partial charge in [0.15, 0.2) is 11.6 Å². The Kier molecular flexibility index (Phi) is 6.79. The van der Waals surface area contributed by atoms with Crippen molar-refractivity contribution in [1.82, 2.24) is 10.5 Å². The van der Waals surface area contributed by atoms with Crippen LogP contribution in [0.5, 0.6) is 11.6 Å². The highest BCUT2D eigenvalue weighted by Crippen LogP contribution is 2.37. The molecule has 0 aliphatic carbocycles. The van der Waals surface area contributed by atoms with Gasteiger partial charge < -0.3 is 19.4 Å². The van der Waals surface area contributed by atoms with Crippen LogP contribution in [0.15, 0.2) is 61.0 Å². The second-order valence-electron chi connectivity index (χ2n) is 7.49. The van der Waals surface area contributed by atoms with Gasteiger partial charge in [-0.15, -0.1) is 5.48 Å². The molecule has 3 aromatic rings. The average molecular weight is 511 g/mol. The van der Waals surface area contributed by atoms with E-state index in [0.717, 1.165) is 5.56 Å². The van der Waals surface area contributed by atoms with E-state index in [1.54, 1.807) is 30.3 Å². The minimum absolute atomic E-state index is 0.137. The van der Waals surface area contributed by atoms with Gasteiger partial charge in [-0.1, -0.05) is 12.1 Å². The molecule has 1 aliphatic heterocycles. The van der Waals surface area contributed by atoms with E-state index in [1.165, 1.54) is 29.2 Å². The number of pyridine rings is 2. The molecule has 2 aromatic heterocycles. The lowest BCUT2D eigenvalue weighted by molar-refractivity contribution is -0.712. The molecule has 4 rings (SSSR count). The Morgan fingerprint density at radius 1 is 1.17 bits per heavy atom. The van der Waals surface area contributed by atoms with Crippen molar-refractivity contribution in [1.29, 1.82) is 0 Å². The van der Waals surface area contributed by atoms with Crippen LogP contribution in [0.25, 0.3) is 0 Å². The number of aromatic nitrogens is 2. The molecule has 35 heavy (non-hydrogen) atoms. The van der Waals surface area contributed by atoms with Gasteiger partial charge >= 0.3 is 7.82 Å². The summed E-state index contributed by atoms with van der Waals surface area (Å²) in [6.45, 7) is -0.481. The number of hydrogen-bond donors (Lipinski definition) is 4. The van der Waals surface area contributed by atoms with Crippen molar-refractivity contribution >= 4 is 13.6 Å². The van der Waals surface area contributed by atoms with Crippen LogP contribution in [0.4, 0.5) is 19.0 Å². The number of anilines is 1. The topological polar surface area (TPSA) is 140 Å². The van der Waals surface area contributed by atoms with Crippen LogP contribution in [-0.2, 0) is 32.6 Å². The first-order valence-corrected chi connectivity index (χ1v) is 11.5. The van der Waals surface area contributed by atoms with Crippen molar-refractivity contribution in [2.75, 3.05) is 5.73 Å². The van der Waals surface area contributed by atoms with E-state index < -0.39 is 43.6 Å². The number of halogens is 3. The number of nitrogens with two attached hydrogens (primary N) is 1. The zero-order valence-corrected chi connectivity index (χ0v) is 18.7. The quantitative estimate of drug-likeness (QED) is 0.204. The van der Waals surface area contributed by atoms with Gasteiger partial charge in [-0.2, -0.15) is 9.37 Å². The summed E-state index contributed by atoms with van der Waals surface area (Å²) in [6.07, 6.45) is 4.95. The van der Waals surface area contributed by atoms with Gasteiger partial charge in [0, 0.05) is 12.5 Å². The smallest absolute Gasteiger partial charge is 0.436 e. The van der Waals surface area contributed by atoms with Crippen LogP contribution in [0.1, 0.15) is 11.1 Å². The first-order chi connectivity index (χ1) is 16.6. The highest BCUT2D eigenvalue weighted by atomic mass is 31.2. The Labute approximate surface area is 196 Å². The van der Waals surface area contributed by atoms with E-state index in [9.17, 15) is 17.7 Å². The predicted octanol–water partition coefficient (Wildman–Crippen LogP) is 2.71. The van der Waals surface area contributed by atoms with Crippen molar-refractivity contribution in [3.05, 3.63) is 89.7 Å². The Morgan fingerprint density at radius 3 is 2.57 bits per heavy atom. The zero-order chi connectivity index (χ0) is 25.2. The number of benzene rings is 1. The largest absolute Gasteiger partial charge is 0.472 e. The second-order valence-corrected chi connectivity index (χ2v) is 8.73. The summed E-state index contributed by atoms with van der Waals surface area (Å²) in [6, 6.07) is 9.99. The molecule has 1 unspecified atom stereocenters. The summed E-state index contributed by atoms with van der Waals surface area (Å²) in [7, 11) is -4.71. The number of nitrogen functional groups attached to an aromatic ring is 1. The number of nitrogens with one attached hydrogen (secondary N) is 1. The monoisotopic (exact) mass is 511 g/mol. The minimum Gasteiger partial charge on any atom is -0.436 e. The fourth-order valence-electron chi connectivity index (χ4n) is 3.46. The average Bonchev–Trinajstić information content (AvgIpc) is 3.27. The summed E-state index contributed by atoms with van der Waals surface area (Å²) in [5, 5.41) is 0. The SMILES string of the molecule is Nc1c(C2(Cc3ccc(Oc4nc(F)c(F)cc4F)cc3)C=CON2)ccc[n+]1COP(=O)(O)O. The molecule has 0 saturated heterocycles. The lowest BCUT2D eigenvalue weighted by Gasteiger charge is -2.27. The molecule has 5 N–H and O–H groups in total.